The SMILES string of the molecule is CC(C)n1ccc(CC(O)Cc2c(F)cccc2Cl)n1. The Kier molecular flexibility index (Phi) is 4.78. The number of rotatable bonds is 5. The van der Waals surface area contributed by atoms with Crippen LogP contribution in [0.1, 0.15) is 31.1 Å². The largest absolute Gasteiger partial charge is 0.392 e. The van der Waals surface area contributed by atoms with Crippen molar-refractivity contribution in [3.63, 3.8) is 0 Å². The number of nitrogens with zero attached hydrogens (tertiary/aromatic N) is 2. The van der Waals surface area contributed by atoms with Gasteiger partial charge in [-0.3, -0.25) is 4.68 Å². The average Bonchev–Trinajstić information content (AvgIpc) is 2.82. The van der Waals surface area contributed by atoms with E-state index in [-0.39, 0.29) is 18.3 Å². The molecule has 0 bridgehead atoms. The molecule has 0 aliphatic carbocycles. The molecule has 1 N–H and O–H groups in total. The van der Waals surface area contributed by atoms with Crippen LogP contribution in [0.3, 0.4) is 0 Å². The van der Waals surface area contributed by atoms with Gasteiger partial charge in [0, 0.05) is 35.7 Å². The van der Waals surface area contributed by atoms with Gasteiger partial charge in [0.15, 0.2) is 0 Å². The first-order chi connectivity index (χ1) is 9.47. The van der Waals surface area contributed by atoms with Gasteiger partial charge in [-0.2, -0.15) is 5.10 Å². The predicted octanol–water partition coefficient (Wildman–Crippen LogP) is 3.40. The van der Waals surface area contributed by atoms with Crippen LogP contribution in [-0.2, 0) is 12.8 Å². The number of aromatic nitrogens is 2. The molecular formula is C15H18ClFN2O. The Balaban J connectivity index is 2.03. The van der Waals surface area contributed by atoms with Crippen LogP contribution in [0.15, 0.2) is 30.5 Å². The Hall–Kier alpha value is -1.39. The lowest BCUT2D eigenvalue weighted by atomic mass is 10.0. The van der Waals surface area contributed by atoms with Crippen molar-refractivity contribution in [2.45, 2.75) is 38.8 Å². The molecule has 3 nitrogen and oxygen atoms in total. The maximum absolute atomic E-state index is 13.6. The standard InChI is InChI=1S/C15H18ClFN2O/c1-10(2)19-7-6-11(18-19)8-12(20)9-13-14(16)4-3-5-15(13)17/h3-7,10,12,20H,8-9H2,1-2H3. The van der Waals surface area contributed by atoms with E-state index in [2.05, 4.69) is 5.10 Å². The highest BCUT2D eigenvalue weighted by atomic mass is 35.5. The number of hydrogen-bond donors (Lipinski definition) is 1. The fraction of sp³-hybridized carbons (Fsp3) is 0.400. The zero-order chi connectivity index (χ0) is 14.7. The predicted molar refractivity (Wildman–Crippen MR) is 77.4 cm³/mol. The molecule has 1 aromatic heterocycles. The zero-order valence-corrected chi connectivity index (χ0v) is 12.3. The second-order valence-corrected chi connectivity index (χ2v) is 5.55. The van der Waals surface area contributed by atoms with Gasteiger partial charge < -0.3 is 5.11 Å². The highest BCUT2D eigenvalue weighted by Crippen LogP contribution is 2.21. The van der Waals surface area contributed by atoms with Crippen molar-refractivity contribution in [1.29, 1.82) is 0 Å². The average molecular weight is 297 g/mol. The van der Waals surface area contributed by atoms with Crippen LogP contribution >= 0.6 is 11.6 Å². The molecule has 0 saturated carbocycles. The van der Waals surface area contributed by atoms with Crippen molar-refractivity contribution in [2.75, 3.05) is 0 Å². The summed E-state index contributed by atoms with van der Waals surface area (Å²) in [6.45, 7) is 4.07. The lowest BCUT2D eigenvalue weighted by Crippen LogP contribution is -2.16. The van der Waals surface area contributed by atoms with Crippen LogP contribution in [-0.4, -0.2) is 21.0 Å². The second-order valence-electron chi connectivity index (χ2n) is 5.14. The smallest absolute Gasteiger partial charge is 0.127 e. The Morgan fingerprint density at radius 3 is 2.65 bits per heavy atom. The molecule has 108 valence electrons. The maximum atomic E-state index is 13.6. The monoisotopic (exact) mass is 296 g/mol. The van der Waals surface area contributed by atoms with E-state index < -0.39 is 6.10 Å². The maximum Gasteiger partial charge on any atom is 0.127 e. The molecule has 0 aliphatic heterocycles. The summed E-state index contributed by atoms with van der Waals surface area (Å²) in [4.78, 5) is 0. The quantitative estimate of drug-likeness (QED) is 0.918. The molecule has 0 spiro atoms. The van der Waals surface area contributed by atoms with E-state index in [0.717, 1.165) is 5.69 Å². The van der Waals surface area contributed by atoms with Crippen LogP contribution in [0, 0.1) is 5.82 Å². The van der Waals surface area contributed by atoms with Crippen molar-refractivity contribution < 1.29 is 9.50 Å². The fourth-order valence-electron chi connectivity index (χ4n) is 2.05. The first-order valence-corrected chi connectivity index (χ1v) is 7.00. The summed E-state index contributed by atoms with van der Waals surface area (Å²) in [5.41, 5.74) is 1.14. The number of benzene rings is 1. The molecule has 0 aliphatic rings. The summed E-state index contributed by atoms with van der Waals surface area (Å²) in [6, 6.07) is 6.67. The van der Waals surface area contributed by atoms with Crippen molar-refractivity contribution in [3.05, 3.63) is 52.6 Å². The van der Waals surface area contributed by atoms with Crippen molar-refractivity contribution in [3.8, 4) is 0 Å². The molecule has 1 heterocycles. The van der Waals surface area contributed by atoms with Gasteiger partial charge in [-0.15, -0.1) is 0 Å². The Labute approximate surface area is 123 Å². The van der Waals surface area contributed by atoms with Gasteiger partial charge in [-0.25, -0.2) is 4.39 Å². The minimum Gasteiger partial charge on any atom is -0.392 e. The zero-order valence-electron chi connectivity index (χ0n) is 11.6. The molecule has 1 atom stereocenters. The van der Waals surface area contributed by atoms with E-state index in [1.54, 1.807) is 12.1 Å². The molecule has 0 saturated heterocycles. The first kappa shape index (κ1) is 15.0. The fourth-order valence-corrected chi connectivity index (χ4v) is 2.29. The van der Waals surface area contributed by atoms with E-state index in [1.807, 2.05) is 30.8 Å². The molecular weight excluding hydrogens is 279 g/mol. The van der Waals surface area contributed by atoms with Crippen LogP contribution < -0.4 is 0 Å². The van der Waals surface area contributed by atoms with E-state index in [4.69, 9.17) is 11.6 Å². The van der Waals surface area contributed by atoms with Gasteiger partial charge in [-0.05, 0) is 32.0 Å². The summed E-state index contributed by atoms with van der Waals surface area (Å²) >= 11 is 5.95. The molecule has 5 heteroatoms. The third-order valence-corrected chi connectivity index (χ3v) is 3.49. The molecule has 1 unspecified atom stereocenters. The Morgan fingerprint density at radius 2 is 2.05 bits per heavy atom. The molecule has 0 fully saturated rings. The van der Waals surface area contributed by atoms with Gasteiger partial charge in [0.25, 0.3) is 0 Å². The number of hydrogen-bond acceptors (Lipinski definition) is 2. The minimum atomic E-state index is -0.708. The van der Waals surface area contributed by atoms with Gasteiger partial charge in [0.2, 0.25) is 0 Å². The summed E-state index contributed by atoms with van der Waals surface area (Å²) in [5, 5.41) is 14.8. The van der Waals surface area contributed by atoms with Crippen molar-refractivity contribution in [2.24, 2.45) is 0 Å². The third kappa shape index (κ3) is 3.58. The van der Waals surface area contributed by atoms with E-state index in [1.165, 1.54) is 6.07 Å². The van der Waals surface area contributed by atoms with Gasteiger partial charge >= 0.3 is 0 Å². The summed E-state index contributed by atoms with van der Waals surface area (Å²) in [6.07, 6.45) is 1.73. The third-order valence-electron chi connectivity index (χ3n) is 3.14. The van der Waals surface area contributed by atoms with Crippen LogP contribution in [0.25, 0.3) is 0 Å². The molecule has 0 amide bonds. The normalized spacial score (nSPS) is 12.9. The first-order valence-electron chi connectivity index (χ1n) is 6.62. The minimum absolute atomic E-state index is 0.181. The topological polar surface area (TPSA) is 38.0 Å². The van der Waals surface area contributed by atoms with E-state index >= 15 is 0 Å². The second kappa shape index (κ2) is 6.37. The van der Waals surface area contributed by atoms with E-state index in [0.29, 0.717) is 17.0 Å². The van der Waals surface area contributed by atoms with Crippen LogP contribution in [0.5, 0.6) is 0 Å². The lowest BCUT2D eigenvalue weighted by molar-refractivity contribution is 0.172. The van der Waals surface area contributed by atoms with Crippen LogP contribution in [0.4, 0.5) is 4.39 Å². The molecule has 2 rings (SSSR count). The number of aliphatic hydroxyl groups excluding tert-OH is 1. The van der Waals surface area contributed by atoms with Crippen LogP contribution in [0.2, 0.25) is 5.02 Å². The number of halogens is 2. The molecule has 20 heavy (non-hydrogen) atoms. The summed E-state index contributed by atoms with van der Waals surface area (Å²) in [5.74, 6) is -0.385. The lowest BCUT2D eigenvalue weighted by Gasteiger charge is -2.11. The Bertz CT molecular complexity index is 563. The highest BCUT2D eigenvalue weighted by Gasteiger charge is 2.14. The molecule has 2 aromatic rings. The van der Waals surface area contributed by atoms with Crippen molar-refractivity contribution >= 4 is 11.6 Å². The van der Waals surface area contributed by atoms with E-state index in [9.17, 15) is 9.50 Å². The van der Waals surface area contributed by atoms with Gasteiger partial charge in [0.05, 0.1) is 11.8 Å². The molecule has 0 radical (unpaired) electrons. The highest BCUT2D eigenvalue weighted by molar-refractivity contribution is 6.31. The molecule has 1 aromatic carbocycles. The van der Waals surface area contributed by atoms with Gasteiger partial charge in [-0.1, -0.05) is 17.7 Å². The summed E-state index contributed by atoms with van der Waals surface area (Å²) in [7, 11) is 0. The summed E-state index contributed by atoms with van der Waals surface area (Å²) < 4.78 is 15.5. The number of aliphatic hydroxyl groups is 1. The van der Waals surface area contributed by atoms with Gasteiger partial charge in [0.1, 0.15) is 5.82 Å². The Morgan fingerprint density at radius 1 is 1.30 bits per heavy atom. The van der Waals surface area contributed by atoms with Crippen molar-refractivity contribution in [1.82, 2.24) is 9.78 Å².